The van der Waals surface area contributed by atoms with Crippen LogP contribution in [0.15, 0.2) is 29.7 Å². The number of imidazole rings is 1. The first-order valence-electron chi connectivity index (χ1n) is 22.6. The highest BCUT2D eigenvalue weighted by atomic mass is 32.2. The Hall–Kier alpha value is -4.32. The Morgan fingerprint density at radius 1 is 1.07 bits per heavy atom. The summed E-state index contributed by atoms with van der Waals surface area (Å²) in [7, 11) is -16.5. The fourth-order valence-corrected chi connectivity index (χ4v) is 11.7. The molecule has 8 unspecified atom stereocenters. The molecule has 8 atom stereocenters. The Balaban J connectivity index is 0.847. The SMILES string of the molecule is Cc1c(F)c(N2CCNC(C)C2)cc2c1c(=O)c(C(=O)SCCNC(=O)CCNC(=O)C(O)C(C)(C)COP(=O)(O)OP(=O)(O)OCC1OC(n3cnc4c(N)ncnc43)C(O)C1OP(=O)(O)O)cn2C1CC1. The van der Waals surface area contributed by atoms with Gasteiger partial charge in [-0.3, -0.25) is 37.3 Å². The molecule has 1 aliphatic carbocycles. The molecule has 0 bridgehead atoms. The fourth-order valence-electron chi connectivity index (χ4n) is 8.18. The van der Waals surface area contributed by atoms with E-state index in [0.29, 0.717) is 30.8 Å². The number of phosphoric acid groups is 3. The number of nitrogens with zero attached hydrogens (tertiary/aromatic N) is 6. The second kappa shape index (κ2) is 22.5. The zero-order chi connectivity index (χ0) is 53.4. The van der Waals surface area contributed by atoms with Gasteiger partial charge in [0.1, 0.15) is 42.1 Å². The molecule has 7 rings (SSSR count). The number of benzene rings is 1. The maximum Gasteiger partial charge on any atom is 0.481 e. The topological polar surface area (TPSA) is 401 Å². The van der Waals surface area contributed by atoms with Gasteiger partial charge in [-0.15, -0.1) is 0 Å². The molecule has 28 nitrogen and oxygen atoms in total. The molecule has 4 aromatic rings. The lowest BCUT2D eigenvalue weighted by Gasteiger charge is -2.34. The first-order valence-corrected chi connectivity index (χ1v) is 28.1. The van der Waals surface area contributed by atoms with E-state index in [2.05, 4.69) is 39.7 Å². The van der Waals surface area contributed by atoms with Gasteiger partial charge in [-0.05, 0) is 32.8 Å². The quantitative estimate of drug-likeness (QED) is 0.0385. The number of aromatic nitrogens is 5. The third-order valence-corrected chi connectivity index (χ3v) is 16.1. The van der Waals surface area contributed by atoms with Crippen molar-refractivity contribution in [2.45, 2.75) is 89.7 Å². The number of aliphatic hydroxyl groups excluding tert-OH is 2. The molecule has 73 heavy (non-hydrogen) atoms. The van der Waals surface area contributed by atoms with Crippen LogP contribution in [0, 0.1) is 18.2 Å². The number of phosphoric ester groups is 3. The monoisotopic (exact) mass is 1110 g/mol. The van der Waals surface area contributed by atoms with Crippen LogP contribution < -0.4 is 32.0 Å². The fraction of sp³-hybridized carbons (Fsp3) is 0.575. The van der Waals surface area contributed by atoms with E-state index in [1.165, 1.54) is 20.0 Å². The van der Waals surface area contributed by atoms with Crippen LogP contribution in [0.5, 0.6) is 0 Å². The minimum absolute atomic E-state index is 0.00432. The first kappa shape index (κ1) is 56.4. The highest BCUT2D eigenvalue weighted by Crippen LogP contribution is 2.61. The van der Waals surface area contributed by atoms with Crippen molar-refractivity contribution in [3.05, 3.63) is 52.1 Å². The van der Waals surface area contributed by atoms with Crippen LogP contribution in [0.1, 0.15) is 68.2 Å². The van der Waals surface area contributed by atoms with Gasteiger partial charge in [-0.2, -0.15) is 4.31 Å². The maximum absolute atomic E-state index is 15.9. The van der Waals surface area contributed by atoms with Crippen molar-refractivity contribution in [2.75, 3.05) is 62.3 Å². The molecule has 1 aromatic carbocycles. The number of carbonyl (C=O) groups excluding carboxylic acids is 3. The molecule has 33 heteroatoms. The molecular formula is C40H56FN10O18P3S. The number of piperazine rings is 1. The lowest BCUT2D eigenvalue weighted by Crippen LogP contribution is -2.49. The summed E-state index contributed by atoms with van der Waals surface area (Å²) in [4.78, 5) is 106. The van der Waals surface area contributed by atoms with Crippen LogP contribution in [-0.4, -0.2) is 153 Å². The molecule has 0 radical (unpaired) electrons. The largest absolute Gasteiger partial charge is 0.481 e. The van der Waals surface area contributed by atoms with E-state index in [-0.39, 0.29) is 70.8 Å². The number of nitrogen functional groups attached to an aromatic ring is 1. The molecule has 0 spiro atoms. The number of thioether (sulfide) groups is 1. The first-order chi connectivity index (χ1) is 34.2. The molecule has 402 valence electrons. The number of hydrogen-bond acceptors (Lipinski definition) is 21. The number of ether oxygens (including phenoxy) is 1. The van der Waals surface area contributed by atoms with Crippen molar-refractivity contribution >= 4 is 85.7 Å². The number of rotatable bonds is 22. The van der Waals surface area contributed by atoms with Crippen LogP contribution in [0.2, 0.25) is 0 Å². The van der Waals surface area contributed by atoms with E-state index < -0.39 is 101 Å². The van der Waals surface area contributed by atoms with Crippen LogP contribution in [0.4, 0.5) is 15.9 Å². The number of anilines is 2. The lowest BCUT2D eigenvalue weighted by atomic mass is 9.87. The summed E-state index contributed by atoms with van der Waals surface area (Å²) in [6.07, 6.45) is -4.00. The van der Waals surface area contributed by atoms with Gasteiger partial charge >= 0.3 is 23.5 Å². The minimum atomic E-state index is -5.62. The summed E-state index contributed by atoms with van der Waals surface area (Å²) in [6, 6.07) is 1.90. The predicted molar refractivity (Wildman–Crippen MR) is 257 cm³/mol. The number of aryl methyl sites for hydroxylation is 1. The third-order valence-electron chi connectivity index (χ3n) is 12.1. The zero-order valence-electron chi connectivity index (χ0n) is 39.6. The minimum Gasteiger partial charge on any atom is -0.386 e. The van der Waals surface area contributed by atoms with Crippen LogP contribution >= 0.6 is 35.2 Å². The normalized spacial score (nSPS) is 22.8. The van der Waals surface area contributed by atoms with Crippen molar-refractivity contribution in [1.82, 2.24) is 40.0 Å². The zero-order valence-corrected chi connectivity index (χ0v) is 43.1. The van der Waals surface area contributed by atoms with E-state index in [0.717, 1.165) is 41.8 Å². The summed E-state index contributed by atoms with van der Waals surface area (Å²) >= 11 is 0.801. The van der Waals surface area contributed by atoms with Gasteiger partial charge in [0, 0.05) is 74.2 Å². The molecule has 5 heterocycles. The van der Waals surface area contributed by atoms with E-state index in [1.54, 1.807) is 13.0 Å². The lowest BCUT2D eigenvalue weighted by molar-refractivity contribution is -0.137. The number of carbonyl (C=O) groups is 3. The number of halogens is 1. The second-order valence-corrected chi connectivity index (χ2v) is 23.5. The highest BCUT2D eigenvalue weighted by molar-refractivity contribution is 8.14. The standard InChI is InChI=1S/C40H56FN10O18P3S/c1-20-14-49(11-9-43-20)25-13-24-28(21(2)29(25)41)31(53)23(15-50(24)22-5-6-22)39(57)73-12-10-44-27(52)7-8-45-37(56)34(55)40(3,4)17-66-72(63,64)69-71(61,62)65-16-26-33(68-70(58,59)60)32(54)38(67-26)51-19-48-30-35(42)46-18-47-36(30)51/h13,15,18-20,22,26,32-34,38,43,54-55H,5-12,14,16-17H2,1-4H3,(H,44,52)(H,45,56)(H,61,62)(H,63,64)(H2,42,46,47)(H2,58,59,60). The second-order valence-electron chi connectivity index (χ2n) is 18.2. The highest BCUT2D eigenvalue weighted by Gasteiger charge is 2.50. The molecule has 2 amide bonds. The molecule has 2 aliphatic heterocycles. The number of nitrogens with one attached hydrogen (secondary N) is 3. The van der Waals surface area contributed by atoms with Crippen molar-refractivity contribution in [3.8, 4) is 0 Å². The van der Waals surface area contributed by atoms with Crippen LogP contribution in [0.25, 0.3) is 22.1 Å². The van der Waals surface area contributed by atoms with Gasteiger partial charge in [0.15, 0.2) is 17.7 Å². The van der Waals surface area contributed by atoms with Gasteiger partial charge in [-0.1, -0.05) is 25.6 Å². The van der Waals surface area contributed by atoms with Crippen LogP contribution in [0.3, 0.4) is 0 Å². The van der Waals surface area contributed by atoms with E-state index in [9.17, 15) is 62.7 Å². The summed E-state index contributed by atoms with van der Waals surface area (Å²) in [5.41, 5.74) is 4.65. The average molecular weight is 1110 g/mol. The number of nitrogens with two attached hydrogens (primary N) is 1. The van der Waals surface area contributed by atoms with E-state index in [4.69, 9.17) is 19.5 Å². The third kappa shape index (κ3) is 13.6. The number of fused-ring (bicyclic) bond motifs is 2. The van der Waals surface area contributed by atoms with Crippen molar-refractivity contribution in [2.24, 2.45) is 5.41 Å². The summed E-state index contributed by atoms with van der Waals surface area (Å²) in [6.45, 7) is 5.50. The van der Waals surface area contributed by atoms with Crippen LogP contribution in [-0.2, 0) is 45.9 Å². The smallest absolute Gasteiger partial charge is 0.386 e. The van der Waals surface area contributed by atoms with Gasteiger partial charge in [0.25, 0.3) is 0 Å². The van der Waals surface area contributed by atoms with Gasteiger partial charge in [0.05, 0.1) is 41.7 Å². The van der Waals surface area contributed by atoms with Crippen molar-refractivity contribution < 1.29 is 84.9 Å². The molecule has 11 N–H and O–H groups in total. The average Bonchev–Trinajstić information content (AvgIpc) is 3.99. The number of pyridine rings is 1. The van der Waals surface area contributed by atoms with Crippen molar-refractivity contribution in [1.29, 1.82) is 0 Å². The van der Waals surface area contributed by atoms with Gasteiger partial charge in [-0.25, -0.2) is 33.0 Å². The van der Waals surface area contributed by atoms with Gasteiger partial charge < -0.3 is 65.7 Å². The summed E-state index contributed by atoms with van der Waals surface area (Å²) in [5.74, 6) is -2.08. The molecule has 3 aromatic heterocycles. The summed E-state index contributed by atoms with van der Waals surface area (Å²) < 4.78 is 80.4. The molecular weight excluding hydrogens is 1050 g/mol. The Bertz CT molecular complexity index is 2960. The molecule has 3 aliphatic rings. The predicted octanol–water partition coefficient (Wildman–Crippen LogP) is 0.874. The number of hydrogen-bond donors (Lipinski definition) is 10. The molecule has 1 saturated carbocycles. The Morgan fingerprint density at radius 2 is 1.78 bits per heavy atom. The summed E-state index contributed by atoms with van der Waals surface area (Å²) in [5, 5.41) is 29.6. The molecule has 2 saturated heterocycles. The Morgan fingerprint density at radius 3 is 2.47 bits per heavy atom. The maximum atomic E-state index is 15.9. The molecule has 3 fully saturated rings. The van der Waals surface area contributed by atoms with E-state index >= 15 is 4.39 Å². The number of amides is 2. The van der Waals surface area contributed by atoms with Crippen molar-refractivity contribution in [3.63, 3.8) is 0 Å². The Labute approximate surface area is 418 Å². The van der Waals surface area contributed by atoms with E-state index in [1.807, 2.05) is 16.4 Å². The Kier molecular flexibility index (Phi) is 17.4. The number of aliphatic hydroxyl groups is 2. The van der Waals surface area contributed by atoms with Gasteiger partial charge in [0.2, 0.25) is 22.4 Å².